The van der Waals surface area contributed by atoms with Gasteiger partial charge in [0.1, 0.15) is 6.26 Å². The molecule has 4 nitrogen and oxygen atoms in total. The maximum Gasteiger partial charge on any atom is 0.290 e. The smallest absolute Gasteiger partial charge is 0.290 e. The van der Waals surface area contributed by atoms with Gasteiger partial charge < -0.3 is 9.09 Å². The van der Waals surface area contributed by atoms with Crippen LogP contribution in [0.1, 0.15) is 5.69 Å². The highest BCUT2D eigenvalue weighted by Gasteiger charge is 2.09. The molecule has 4 heteroatoms. The summed E-state index contributed by atoms with van der Waals surface area (Å²) >= 11 is 0. The second kappa shape index (κ2) is 4.56. The zero-order chi connectivity index (χ0) is 14.3. The quantitative estimate of drug-likeness (QED) is 0.717. The Morgan fingerprint density at radius 1 is 1.00 bits per heavy atom. The van der Waals surface area contributed by atoms with Crippen molar-refractivity contribution in [3.05, 3.63) is 58.8 Å². The lowest BCUT2D eigenvalue weighted by Gasteiger charge is -2.00. The average molecular weight is 268 g/mol. The van der Waals surface area contributed by atoms with Crippen LogP contribution in [0, 0.1) is 6.92 Å². The summed E-state index contributed by atoms with van der Waals surface area (Å²) in [5, 5.41) is 0. The van der Waals surface area contributed by atoms with Crippen LogP contribution >= 0.6 is 0 Å². The highest BCUT2D eigenvalue weighted by molar-refractivity contribution is 5.69. The molecule has 0 radical (unpaired) electrons. The van der Waals surface area contributed by atoms with Gasteiger partial charge in [-0.3, -0.25) is 4.79 Å². The Morgan fingerprint density at radius 3 is 2.15 bits per heavy atom. The van der Waals surface area contributed by atoms with E-state index in [9.17, 15) is 4.79 Å². The second-order valence-electron chi connectivity index (χ2n) is 5.00. The molecular weight excluding hydrogens is 252 g/mol. The summed E-state index contributed by atoms with van der Waals surface area (Å²) in [5.41, 5.74) is 4.87. The number of rotatable bonds is 2. The van der Waals surface area contributed by atoms with Crippen LogP contribution in [0.15, 0.2) is 52.1 Å². The minimum Gasteiger partial charge on any atom is -0.384 e. The fourth-order valence-corrected chi connectivity index (χ4v) is 2.27. The van der Waals surface area contributed by atoms with Gasteiger partial charge in [-0.15, -0.1) is 0 Å². The molecule has 0 amide bonds. The van der Waals surface area contributed by atoms with E-state index < -0.39 is 0 Å². The summed E-state index contributed by atoms with van der Waals surface area (Å²) in [6.07, 6.45) is 3.59. The molecular formula is C16H16N2O2. The Hall–Kier alpha value is -2.49. The number of benzene rings is 1. The molecule has 0 aliphatic heterocycles. The standard InChI is InChI=1S/C16H16N2O2/c1-11-8-14(9-17(11)2)12-4-6-13(7-5-12)15-10-20-18(3)16(15)19/h4-10H,1-3H3. The molecule has 0 aliphatic rings. The molecule has 0 spiro atoms. The van der Waals surface area contributed by atoms with E-state index in [1.54, 1.807) is 7.05 Å². The third-order valence-corrected chi connectivity index (χ3v) is 3.63. The van der Waals surface area contributed by atoms with Crippen molar-refractivity contribution in [3.8, 4) is 22.3 Å². The van der Waals surface area contributed by atoms with Gasteiger partial charge in [-0.05, 0) is 29.7 Å². The zero-order valence-corrected chi connectivity index (χ0v) is 11.8. The first kappa shape index (κ1) is 12.5. The number of hydrogen-bond acceptors (Lipinski definition) is 2. The Kier molecular flexibility index (Phi) is 2.86. The lowest BCUT2D eigenvalue weighted by molar-refractivity contribution is 0.298. The predicted octanol–water partition coefficient (Wildman–Crippen LogP) is 2.96. The van der Waals surface area contributed by atoms with Crippen molar-refractivity contribution < 1.29 is 4.52 Å². The topological polar surface area (TPSA) is 40.1 Å². The highest BCUT2D eigenvalue weighted by atomic mass is 16.5. The molecule has 2 heterocycles. The largest absolute Gasteiger partial charge is 0.384 e. The molecule has 3 rings (SSSR count). The number of nitrogens with zero attached hydrogens (tertiary/aromatic N) is 2. The van der Waals surface area contributed by atoms with E-state index in [0.29, 0.717) is 5.56 Å². The average Bonchev–Trinajstić information content (AvgIpc) is 2.95. The van der Waals surface area contributed by atoms with Crippen molar-refractivity contribution in [2.24, 2.45) is 14.1 Å². The molecule has 102 valence electrons. The van der Waals surface area contributed by atoms with Gasteiger partial charge in [0.2, 0.25) is 0 Å². The van der Waals surface area contributed by atoms with E-state index in [2.05, 4.69) is 23.8 Å². The van der Waals surface area contributed by atoms with E-state index in [1.807, 2.05) is 31.3 Å². The van der Waals surface area contributed by atoms with Crippen molar-refractivity contribution in [3.63, 3.8) is 0 Å². The van der Waals surface area contributed by atoms with E-state index in [0.717, 1.165) is 11.1 Å². The minimum atomic E-state index is -0.117. The van der Waals surface area contributed by atoms with Gasteiger partial charge in [0, 0.05) is 26.0 Å². The summed E-state index contributed by atoms with van der Waals surface area (Å²) in [4.78, 5) is 11.8. The van der Waals surface area contributed by atoms with Crippen molar-refractivity contribution in [1.29, 1.82) is 0 Å². The first-order chi connectivity index (χ1) is 9.56. The Morgan fingerprint density at radius 2 is 1.65 bits per heavy atom. The summed E-state index contributed by atoms with van der Waals surface area (Å²) < 4.78 is 8.40. The molecule has 0 bridgehead atoms. The molecule has 0 saturated carbocycles. The first-order valence-corrected chi connectivity index (χ1v) is 6.45. The molecule has 0 aliphatic carbocycles. The lowest BCUT2D eigenvalue weighted by atomic mass is 10.0. The summed E-state index contributed by atoms with van der Waals surface area (Å²) in [5.74, 6) is 0. The zero-order valence-electron chi connectivity index (χ0n) is 11.8. The predicted molar refractivity (Wildman–Crippen MR) is 78.5 cm³/mol. The van der Waals surface area contributed by atoms with Crippen LogP contribution in [0.2, 0.25) is 0 Å². The molecule has 0 atom stereocenters. The van der Waals surface area contributed by atoms with Crippen LogP contribution in [-0.2, 0) is 14.1 Å². The van der Waals surface area contributed by atoms with Crippen molar-refractivity contribution in [2.75, 3.05) is 0 Å². The molecule has 0 unspecified atom stereocenters. The Balaban J connectivity index is 1.99. The van der Waals surface area contributed by atoms with Gasteiger partial charge in [0.05, 0.1) is 5.56 Å². The molecule has 2 aromatic heterocycles. The summed E-state index contributed by atoms with van der Waals surface area (Å²) in [7, 11) is 3.63. The summed E-state index contributed by atoms with van der Waals surface area (Å²) in [6, 6.07) is 10.1. The van der Waals surface area contributed by atoms with Crippen LogP contribution in [0.3, 0.4) is 0 Å². The number of hydrogen-bond donors (Lipinski definition) is 0. The van der Waals surface area contributed by atoms with Crippen LogP contribution in [-0.4, -0.2) is 9.31 Å². The van der Waals surface area contributed by atoms with Gasteiger partial charge in [-0.1, -0.05) is 24.3 Å². The van der Waals surface area contributed by atoms with E-state index >= 15 is 0 Å². The van der Waals surface area contributed by atoms with Crippen LogP contribution in [0.25, 0.3) is 22.3 Å². The van der Waals surface area contributed by atoms with Crippen LogP contribution < -0.4 is 5.56 Å². The fourth-order valence-electron chi connectivity index (χ4n) is 2.27. The van der Waals surface area contributed by atoms with Gasteiger partial charge in [0.25, 0.3) is 5.56 Å². The minimum absolute atomic E-state index is 0.117. The van der Waals surface area contributed by atoms with Gasteiger partial charge in [-0.25, -0.2) is 0 Å². The van der Waals surface area contributed by atoms with Crippen molar-refractivity contribution in [2.45, 2.75) is 6.92 Å². The molecule has 3 aromatic rings. The second-order valence-corrected chi connectivity index (χ2v) is 5.00. The van der Waals surface area contributed by atoms with E-state index in [4.69, 9.17) is 4.52 Å². The SMILES string of the molecule is Cc1cc(-c2ccc(-c3con(C)c3=O)cc2)cn1C. The highest BCUT2D eigenvalue weighted by Crippen LogP contribution is 2.24. The maximum atomic E-state index is 11.8. The maximum absolute atomic E-state index is 11.8. The molecule has 20 heavy (non-hydrogen) atoms. The van der Waals surface area contributed by atoms with Crippen LogP contribution in [0.4, 0.5) is 0 Å². The normalized spacial score (nSPS) is 10.9. The summed E-state index contributed by atoms with van der Waals surface area (Å²) in [6.45, 7) is 2.08. The van der Waals surface area contributed by atoms with Gasteiger partial charge in [-0.2, -0.15) is 4.74 Å². The first-order valence-electron chi connectivity index (χ1n) is 6.45. The van der Waals surface area contributed by atoms with Gasteiger partial charge in [0.15, 0.2) is 0 Å². The third kappa shape index (κ3) is 1.99. The molecule has 0 fully saturated rings. The molecule has 0 N–H and O–H groups in total. The van der Waals surface area contributed by atoms with E-state index in [-0.39, 0.29) is 5.56 Å². The van der Waals surface area contributed by atoms with Crippen LogP contribution in [0.5, 0.6) is 0 Å². The van der Waals surface area contributed by atoms with Crippen molar-refractivity contribution >= 4 is 0 Å². The van der Waals surface area contributed by atoms with E-state index in [1.165, 1.54) is 22.3 Å². The number of aryl methyl sites for hydroxylation is 3. The van der Waals surface area contributed by atoms with Crippen molar-refractivity contribution in [1.82, 2.24) is 9.31 Å². The number of aromatic nitrogens is 2. The molecule has 1 aromatic carbocycles. The Labute approximate surface area is 116 Å². The third-order valence-electron chi connectivity index (χ3n) is 3.63. The lowest BCUT2D eigenvalue weighted by Crippen LogP contribution is -2.11. The fraction of sp³-hybridized carbons (Fsp3) is 0.188. The monoisotopic (exact) mass is 268 g/mol. The van der Waals surface area contributed by atoms with Gasteiger partial charge >= 0.3 is 0 Å². The Bertz CT molecular complexity index is 784. The molecule has 0 saturated heterocycles.